The molecule has 3 rings (SSSR count). The molecule has 0 fully saturated rings. The maximum atomic E-state index is 14.9. The molecule has 0 saturated carbocycles. The van der Waals surface area contributed by atoms with Crippen LogP contribution in [0.5, 0.6) is 5.75 Å². The van der Waals surface area contributed by atoms with Crippen molar-refractivity contribution in [2.45, 2.75) is 44.2 Å². The minimum atomic E-state index is -4.30. The molecule has 0 bridgehead atoms. The molecule has 2 aromatic rings. The molecule has 0 radical (unpaired) electrons. The van der Waals surface area contributed by atoms with Crippen molar-refractivity contribution >= 4 is 27.5 Å². The van der Waals surface area contributed by atoms with Crippen LogP contribution in [-0.4, -0.2) is 44.9 Å². The summed E-state index contributed by atoms with van der Waals surface area (Å²) < 4.78 is 54.6. The van der Waals surface area contributed by atoms with Gasteiger partial charge in [0.2, 0.25) is 10.0 Å². The topological polar surface area (TPSA) is 111 Å². The number of carbonyl (C=O) groups is 1. The van der Waals surface area contributed by atoms with Gasteiger partial charge in [0.15, 0.2) is 0 Å². The quantitative estimate of drug-likeness (QED) is 0.359. The van der Waals surface area contributed by atoms with Gasteiger partial charge in [-0.05, 0) is 42.7 Å². The van der Waals surface area contributed by atoms with Crippen LogP contribution in [0, 0.1) is 19.7 Å². The van der Waals surface area contributed by atoms with E-state index >= 15 is 0 Å². The lowest BCUT2D eigenvalue weighted by Gasteiger charge is -2.33. The number of fused-ring (bicyclic) bond motifs is 1. The number of sulfonamides is 1. The number of methoxy groups -OCH3 is 1. The number of nitrogens with one attached hydrogen (secondary N) is 1. The molecule has 1 aliphatic rings. The SMILES string of the molecule is COCc1cc(Cl)cc2c1S(=O)(=O)N([C@H](C(=O)NN)C(C)c1c(F)ccc(C)c1C)CCO2. The van der Waals surface area contributed by atoms with Crippen LogP contribution in [-0.2, 0) is 26.2 Å². The average Bonchev–Trinajstić information content (AvgIpc) is 2.87. The van der Waals surface area contributed by atoms with E-state index < -0.39 is 33.7 Å². The van der Waals surface area contributed by atoms with Crippen LogP contribution < -0.4 is 16.0 Å². The van der Waals surface area contributed by atoms with E-state index in [-0.39, 0.29) is 46.6 Å². The molecule has 33 heavy (non-hydrogen) atoms. The van der Waals surface area contributed by atoms with Gasteiger partial charge in [0.05, 0.1) is 6.61 Å². The molecule has 0 aromatic heterocycles. The number of hydrazine groups is 1. The largest absolute Gasteiger partial charge is 0.491 e. The standard InChI is InChI=1S/C22H27ClFN3O5S/c1-12-5-6-17(24)19(13(12)2)14(3)20(22(28)26-25)27-7-8-32-18-10-16(23)9-15(11-31-4)21(18)33(27,29)30/h5-6,9-10,14,20H,7-8,11,25H2,1-4H3,(H,26,28)/t14?,20-/m0/s1. The smallest absolute Gasteiger partial charge is 0.252 e. The maximum absolute atomic E-state index is 14.9. The second kappa shape index (κ2) is 9.94. The number of rotatable bonds is 6. The molecule has 11 heteroatoms. The van der Waals surface area contributed by atoms with Crippen LogP contribution in [0.25, 0.3) is 0 Å². The van der Waals surface area contributed by atoms with Gasteiger partial charge in [0.25, 0.3) is 5.91 Å². The third-order valence-corrected chi connectivity index (χ3v) is 8.14. The predicted molar refractivity (Wildman–Crippen MR) is 122 cm³/mol. The Labute approximate surface area is 197 Å². The van der Waals surface area contributed by atoms with E-state index in [2.05, 4.69) is 0 Å². The molecule has 0 spiro atoms. The molecule has 2 aromatic carbocycles. The first kappa shape index (κ1) is 25.4. The highest BCUT2D eigenvalue weighted by Crippen LogP contribution is 2.39. The first-order chi connectivity index (χ1) is 15.5. The number of benzene rings is 2. The van der Waals surface area contributed by atoms with Crippen LogP contribution >= 0.6 is 11.6 Å². The number of hydrogen-bond acceptors (Lipinski definition) is 6. The highest BCUT2D eigenvalue weighted by molar-refractivity contribution is 7.89. The summed E-state index contributed by atoms with van der Waals surface area (Å²) in [5, 5.41) is 0.284. The van der Waals surface area contributed by atoms with Gasteiger partial charge in [-0.25, -0.2) is 18.7 Å². The van der Waals surface area contributed by atoms with E-state index in [1.54, 1.807) is 19.9 Å². The van der Waals surface area contributed by atoms with Gasteiger partial charge in [0, 0.05) is 36.2 Å². The fraction of sp³-hybridized carbons (Fsp3) is 0.409. The third-order valence-electron chi connectivity index (χ3n) is 5.91. The zero-order valence-corrected chi connectivity index (χ0v) is 20.4. The summed E-state index contributed by atoms with van der Waals surface area (Å²) in [6.07, 6.45) is 0. The van der Waals surface area contributed by atoms with Gasteiger partial charge in [0.1, 0.15) is 29.1 Å². The Morgan fingerprint density at radius 1 is 1.36 bits per heavy atom. The zero-order valence-electron chi connectivity index (χ0n) is 18.8. The number of carbonyl (C=O) groups excluding carboxylic acids is 1. The number of hydrogen-bond donors (Lipinski definition) is 2. The summed E-state index contributed by atoms with van der Waals surface area (Å²) in [5.41, 5.74) is 4.02. The molecular formula is C22H27ClFN3O5S. The Hall–Kier alpha value is -2.24. The van der Waals surface area contributed by atoms with Crippen LogP contribution in [0.4, 0.5) is 4.39 Å². The first-order valence-electron chi connectivity index (χ1n) is 10.3. The highest BCUT2D eigenvalue weighted by atomic mass is 35.5. The second-order valence-corrected chi connectivity index (χ2v) is 10.2. The first-order valence-corrected chi connectivity index (χ1v) is 12.1. The van der Waals surface area contributed by atoms with Crippen LogP contribution in [0.15, 0.2) is 29.2 Å². The average molecular weight is 500 g/mol. The number of ether oxygens (including phenoxy) is 2. The van der Waals surface area contributed by atoms with Gasteiger partial charge < -0.3 is 9.47 Å². The highest BCUT2D eigenvalue weighted by Gasteiger charge is 2.44. The Balaban J connectivity index is 2.21. The molecule has 3 N–H and O–H groups in total. The van der Waals surface area contributed by atoms with Gasteiger partial charge in [-0.2, -0.15) is 4.31 Å². The fourth-order valence-electron chi connectivity index (χ4n) is 4.27. The summed E-state index contributed by atoms with van der Waals surface area (Å²) >= 11 is 6.15. The normalized spacial score (nSPS) is 17.4. The van der Waals surface area contributed by atoms with Gasteiger partial charge >= 0.3 is 0 Å². The Kier molecular flexibility index (Phi) is 7.65. The number of aryl methyl sites for hydroxylation is 1. The van der Waals surface area contributed by atoms with Crippen molar-refractivity contribution in [1.29, 1.82) is 0 Å². The number of nitrogens with zero attached hydrogens (tertiary/aromatic N) is 1. The lowest BCUT2D eigenvalue weighted by atomic mass is 9.87. The summed E-state index contributed by atoms with van der Waals surface area (Å²) in [6, 6.07) is 4.48. The van der Waals surface area contributed by atoms with Crippen molar-refractivity contribution < 1.29 is 27.1 Å². The molecule has 1 unspecified atom stereocenters. The summed E-state index contributed by atoms with van der Waals surface area (Å²) in [5.74, 6) is 3.35. The Morgan fingerprint density at radius 2 is 2.06 bits per heavy atom. The van der Waals surface area contributed by atoms with Crippen molar-refractivity contribution in [3.05, 3.63) is 57.4 Å². The molecule has 1 aliphatic heterocycles. The molecule has 0 aliphatic carbocycles. The van der Waals surface area contributed by atoms with E-state index in [4.69, 9.17) is 26.9 Å². The maximum Gasteiger partial charge on any atom is 0.252 e. The Bertz CT molecular complexity index is 1180. The van der Waals surface area contributed by atoms with Crippen molar-refractivity contribution in [1.82, 2.24) is 9.73 Å². The summed E-state index contributed by atoms with van der Waals surface area (Å²) in [6.45, 7) is 4.90. The molecule has 8 nitrogen and oxygen atoms in total. The summed E-state index contributed by atoms with van der Waals surface area (Å²) in [4.78, 5) is 12.8. The third kappa shape index (κ3) is 4.71. The second-order valence-electron chi connectivity index (χ2n) is 7.93. The minimum Gasteiger partial charge on any atom is -0.491 e. The van der Waals surface area contributed by atoms with Crippen LogP contribution in [0.1, 0.15) is 35.1 Å². The number of amides is 1. The van der Waals surface area contributed by atoms with E-state index in [1.165, 1.54) is 25.3 Å². The van der Waals surface area contributed by atoms with Crippen molar-refractivity contribution in [2.75, 3.05) is 20.3 Å². The van der Waals surface area contributed by atoms with E-state index in [1.807, 2.05) is 12.3 Å². The fourth-order valence-corrected chi connectivity index (χ4v) is 6.45. The summed E-state index contributed by atoms with van der Waals surface area (Å²) in [7, 11) is -2.88. The van der Waals surface area contributed by atoms with Crippen molar-refractivity contribution in [2.24, 2.45) is 5.84 Å². The van der Waals surface area contributed by atoms with E-state index in [9.17, 15) is 17.6 Å². The lowest BCUT2D eigenvalue weighted by molar-refractivity contribution is -0.125. The van der Waals surface area contributed by atoms with Gasteiger partial charge in [-0.3, -0.25) is 10.2 Å². The minimum absolute atomic E-state index is 0.0463. The molecule has 1 heterocycles. The van der Waals surface area contributed by atoms with Gasteiger partial charge in [-0.15, -0.1) is 0 Å². The van der Waals surface area contributed by atoms with Crippen LogP contribution in [0.2, 0.25) is 5.02 Å². The van der Waals surface area contributed by atoms with Gasteiger partial charge in [-0.1, -0.05) is 24.6 Å². The molecule has 1 amide bonds. The monoisotopic (exact) mass is 499 g/mol. The molecule has 2 atom stereocenters. The molecule has 180 valence electrons. The number of halogens is 2. The predicted octanol–water partition coefficient (Wildman–Crippen LogP) is 2.79. The van der Waals surface area contributed by atoms with E-state index in [0.717, 1.165) is 9.87 Å². The van der Waals surface area contributed by atoms with Crippen molar-refractivity contribution in [3.63, 3.8) is 0 Å². The molecule has 0 saturated heterocycles. The Morgan fingerprint density at radius 3 is 2.70 bits per heavy atom. The van der Waals surface area contributed by atoms with Crippen LogP contribution in [0.3, 0.4) is 0 Å². The zero-order chi connectivity index (χ0) is 24.5. The van der Waals surface area contributed by atoms with E-state index in [0.29, 0.717) is 5.56 Å². The lowest BCUT2D eigenvalue weighted by Crippen LogP contribution is -2.54. The number of nitrogens with two attached hydrogens (primary N) is 1. The van der Waals surface area contributed by atoms with Crippen molar-refractivity contribution in [3.8, 4) is 5.75 Å². The molecular weight excluding hydrogens is 473 g/mol.